The zero-order chi connectivity index (χ0) is 26.8. The van der Waals surface area contributed by atoms with E-state index in [1.165, 1.54) is 54.6 Å². The van der Waals surface area contributed by atoms with Crippen LogP contribution in [0.5, 0.6) is 0 Å². The highest BCUT2D eigenvalue weighted by atomic mass is 19.1. The van der Waals surface area contributed by atoms with Crippen molar-refractivity contribution in [1.29, 1.82) is 0 Å². The third-order valence-electron chi connectivity index (χ3n) is 7.37. The maximum absolute atomic E-state index is 15.0. The maximum atomic E-state index is 15.0. The molecule has 2 amide bonds. The molecule has 0 radical (unpaired) electrons. The molecule has 2 heterocycles. The van der Waals surface area contributed by atoms with Gasteiger partial charge in [0.15, 0.2) is 0 Å². The summed E-state index contributed by atoms with van der Waals surface area (Å²) in [4.78, 5) is 68.2. The molecule has 2 fully saturated rings. The predicted octanol–water partition coefficient (Wildman–Crippen LogP) is 3.70. The number of hydrogen-bond donors (Lipinski definition) is 0. The molecule has 8 nitrogen and oxygen atoms in total. The van der Waals surface area contributed by atoms with Crippen molar-refractivity contribution in [2.45, 2.75) is 18.6 Å². The molecular formula is C29H20FNO7. The monoisotopic (exact) mass is 513 g/mol. The van der Waals surface area contributed by atoms with E-state index in [1.54, 1.807) is 25.1 Å². The minimum absolute atomic E-state index is 0.0309. The van der Waals surface area contributed by atoms with Gasteiger partial charge in [-0.1, -0.05) is 42.5 Å². The first-order valence-electron chi connectivity index (χ1n) is 12.1. The molecule has 3 atom stereocenters. The molecule has 0 bridgehead atoms. The molecule has 9 heteroatoms. The number of ketones is 2. The number of halogens is 1. The second-order valence-corrected chi connectivity index (χ2v) is 9.28. The zero-order valence-electron chi connectivity index (χ0n) is 20.1. The SMILES string of the molecule is CCOC(=O)c1ccc(N2C(=O)[C@@H]3[C@@H](c4ccccc4F)OC4(C(=O)c5ccccc5C4=O)[C@@H]3C2=O)cc1. The van der Waals surface area contributed by atoms with Crippen molar-refractivity contribution in [3.8, 4) is 0 Å². The van der Waals surface area contributed by atoms with Crippen LogP contribution in [0.1, 0.15) is 49.7 Å². The first-order chi connectivity index (χ1) is 18.3. The van der Waals surface area contributed by atoms with Crippen molar-refractivity contribution >= 4 is 35.0 Å². The van der Waals surface area contributed by atoms with Crippen LogP contribution in [0, 0.1) is 17.7 Å². The Morgan fingerprint density at radius 2 is 1.50 bits per heavy atom. The topological polar surface area (TPSA) is 107 Å². The van der Waals surface area contributed by atoms with Gasteiger partial charge in [0.2, 0.25) is 29.0 Å². The number of esters is 1. The van der Waals surface area contributed by atoms with Gasteiger partial charge in [-0.3, -0.25) is 19.2 Å². The van der Waals surface area contributed by atoms with E-state index < -0.39 is 58.7 Å². The van der Waals surface area contributed by atoms with Crippen LogP contribution in [-0.2, 0) is 19.1 Å². The van der Waals surface area contributed by atoms with Crippen LogP contribution >= 0.6 is 0 Å². The van der Waals surface area contributed by atoms with Crippen LogP contribution in [0.25, 0.3) is 0 Å². The first kappa shape index (κ1) is 23.9. The van der Waals surface area contributed by atoms with Gasteiger partial charge in [-0.25, -0.2) is 14.1 Å². The molecule has 0 saturated carbocycles. The van der Waals surface area contributed by atoms with Crippen LogP contribution in [0.3, 0.4) is 0 Å². The van der Waals surface area contributed by atoms with E-state index in [-0.39, 0.29) is 34.5 Å². The lowest BCUT2D eigenvalue weighted by Gasteiger charge is -2.27. The number of hydrogen-bond acceptors (Lipinski definition) is 7. The second-order valence-electron chi connectivity index (χ2n) is 9.28. The summed E-state index contributed by atoms with van der Waals surface area (Å²) in [7, 11) is 0. The Balaban J connectivity index is 1.48. The van der Waals surface area contributed by atoms with Crippen LogP contribution in [-0.4, -0.2) is 41.6 Å². The van der Waals surface area contributed by atoms with Gasteiger partial charge in [0.1, 0.15) is 5.82 Å². The fraction of sp³-hybridized carbons (Fsp3) is 0.207. The average Bonchev–Trinajstić information content (AvgIpc) is 3.49. The number of carbonyl (C=O) groups is 5. The number of Topliss-reactive ketones (excluding diaryl/α,β-unsaturated/α-hetero) is 2. The summed E-state index contributed by atoms with van der Waals surface area (Å²) in [6, 6.07) is 17.3. The van der Waals surface area contributed by atoms with E-state index in [1.807, 2.05) is 0 Å². The Kier molecular flexibility index (Phi) is 5.36. The highest BCUT2D eigenvalue weighted by Gasteiger charge is 2.75. The molecule has 3 aromatic carbocycles. The molecule has 0 aromatic heterocycles. The summed E-state index contributed by atoms with van der Waals surface area (Å²) in [5.41, 5.74) is -1.80. The fourth-order valence-electron chi connectivity index (χ4n) is 5.72. The van der Waals surface area contributed by atoms with Crippen molar-refractivity contribution in [2.24, 2.45) is 11.8 Å². The van der Waals surface area contributed by atoms with E-state index in [2.05, 4.69) is 0 Å². The number of rotatable bonds is 4. The Bertz CT molecular complexity index is 1510. The quantitative estimate of drug-likeness (QED) is 0.298. The molecule has 1 aliphatic carbocycles. The summed E-state index contributed by atoms with van der Waals surface area (Å²) >= 11 is 0. The van der Waals surface area contributed by atoms with E-state index in [4.69, 9.17) is 9.47 Å². The summed E-state index contributed by atoms with van der Waals surface area (Å²) < 4.78 is 26.0. The number of anilines is 1. The molecule has 1 spiro atoms. The van der Waals surface area contributed by atoms with Gasteiger partial charge in [-0.05, 0) is 37.3 Å². The number of ether oxygens (including phenoxy) is 2. The van der Waals surface area contributed by atoms with Gasteiger partial charge in [-0.2, -0.15) is 0 Å². The number of fused-ring (bicyclic) bond motifs is 3. The predicted molar refractivity (Wildman–Crippen MR) is 130 cm³/mol. The van der Waals surface area contributed by atoms with Crippen molar-refractivity contribution in [1.82, 2.24) is 0 Å². The Hall–Kier alpha value is -4.50. The molecule has 3 aromatic rings. The minimum atomic E-state index is -2.30. The molecule has 2 saturated heterocycles. The molecule has 6 rings (SSSR count). The van der Waals surface area contributed by atoms with Crippen LogP contribution in [0.15, 0.2) is 72.8 Å². The van der Waals surface area contributed by atoms with Gasteiger partial charge in [0, 0.05) is 16.7 Å². The lowest BCUT2D eigenvalue weighted by Crippen LogP contribution is -2.51. The summed E-state index contributed by atoms with van der Waals surface area (Å²) in [5.74, 6) is -7.09. The number of benzene rings is 3. The summed E-state index contributed by atoms with van der Waals surface area (Å²) in [6.07, 6.45) is -1.36. The highest BCUT2D eigenvalue weighted by molar-refractivity contribution is 6.37. The third kappa shape index (κ3) is 3.08. The number of nitrogens with zero attached hydrogens (tertiary/aromatic N) is 1. The van der Waals surface area contributed by atoms with Crippen LogP contribution in [0.2, 0.25) is 0 Å². The van der Waals surface area contributed by atoms with E-state index in [9.17, 15) is 28.4 Å². The molecule has 0 N–H and O–H groups in total. The zero-order valence-corrected chi connectivity index (χ0v) is 20.1. The first-order valence-corrected chi connectivity index (χ1v) is 12.1. The fourth-order valence-corrected chi connectivity index (χ4v) is 5.72. The second kappa shape index (κ2) is 8.53. The number of imide groups is 1. The Morgan fingerprint density at radius 1 is 0.895 bits per heavy atom. The van der Waals surface area contributed by atoms with Gasteiger partial charge in [-0.15, -0.1) is 0 Å². The molecule has 2 aliphatic heterocycles. The molecule has 38 heavy (non-hydrogen) atoms. The van der Waals surface area contributed by atoms with E-state index in [0.717, 1.165) is 4.90 Å². The average molecular weight is 513 g/mol. The largest absolute Gasteiger partial charge is 0.462 e. The molecule has 3 aliphatic rings. The normalized spacial score (nSPS) is 23.2. The van der Waals surface area contributed by atoms with Crippen molar-refractivity contribution < 1.29 is 37.8 Å². The Morgan fingerprint density at radius 3 is 2.11 bits per heavy atom. The lowest BCUT2D eigenvalue weighted by atomic mass is 9.77. The van der Waals surface area contributed by atoms with Crippen molar-refractivity contribution in [3.05, 3.63) is 101 Å². The smallest absolute Gasteiger partial charge is 0.338 e. The van der Waals surface area contributed by atoms with E-state index >= 15 is 0 Å². The van der Waals surface area contributed by atoms with E-state index in [0.29, 0.717) is 0 Å². The standard InChI is InChI=1S/C29H20FNO7/c1-2-37-28(36)15-11-13-16(14-12-15)31-26(34)21-22(27(31)35)29(38-23(21)19-9-5-6-10-20(19)30)24(32)17-7-3-4-8-18(17)25(29)33/h3-14,21-23H,2H2,1H3/t21-,22-,23+/m0/s1. The summed E-state index contributed by atoms with van der Waals surface area (Å²) in [5, 5.41) is 0. The lowest BCUT2D eigenvalue weighted by molar-refractivity contribution is -0.127. The Labute approximate surface area is 216 Å². The van der Waals surface area contributed by atoms with Crippen molar-refractivity contribution in [2.75, 3.05) is 11.5 Å². The minimum Gasteiger partial charge on any atom is -0.462 e. The third-order valence-corrected chi connectivity index (χ3v) is 7.37. The van der Waals surface area contributed by atoms with Crippen molar-refractivity contribution in [3.63, 3.8) is 0 Å². The highest BCUT2D eigenvalue weighted by Crippen LogP contribution is 2.57. The van der Waals surface area contributed by atoms with Crippen LogP contribution < -0.4 is 4.90 Å². The molecular weight excluding hydrogens is 493 g/mol. The summed E-state index contributed by atoms with van der Waals surface area (Å²) in [6.45, 7) is 1.84. The van der Waals surface area contributed by atoms with Gasteiger partial charge in [0.05, 0.1) is 35.8 Å². The van der Waals surface area contributed by atoms with Gasteiger partial charge < -0.3 is 9.47 Å². The van der Waals surface area contributed by atoms with Crippen LogP contribution in [0.4, 0.5) is 10.1 Å². The molecule has 0 unspecified atom stereocenters. The van der Waals surface area contributed by atoms with Gasteiger partial charge in [0.25, 0.3) is 0 Å². The number of amides is 2. The maximum Gasteiger partial charge on any atom is 0.338 e. The molecule has 190 valence electrons. The number of carbonyl (C=O) groups excluding carboxylic acids is 5. The van der Waals surface area contributed by atoms with Gasteiger partial charge >= 0.3 is 5.97 Å².